The fraction of sp³-hybridized carbons (Fsp3) is 0.286. The summed E-state index contributed by atoms with van der Waals surface area (Å²) in [4.78, 5) is 17.9. The van der Waals surface area contributed by atoms with Gasteiger partial charge in [-0.1, -0.05) is 0 Å². The van der Waals surface area contributed by atoms with Gasteiger partial charge in [-0.15, -0.1) is 0 Å². The summed E-state index contributed by atoms with van der Waals surface area (Å²) in [5, 5.41) is 19.5. The van der Waals surface area contributed by atoms with Gasteiger partial charge in [0.15, 0.2) is 0 Å². The van der Waals surface area contributed by atoms with Crippen LogP contribution in [-0.2, 0) is 11.3 Å². The fourth-order valence-corrected chi connectivity index (χ4v) is 9.75. The van der Waals surface area contributed by atoms with Crippen LogP contribution < -0.4 is 13.9 Å². The van der Waals surface area contributed by atoms with Crippen molar-refractivity contribution in [1.82, 2.24) is 4.90 Å². The van der Waals surface area contributed by atoms with E-state index in [-0.39, 0.29) is 48.5 Å². The summed E-state index contributed by atoms with van der Waals surface area (Å²) in [5.74, 6) is 0.0384. The zero-order valence-electron chi connectivity index (χ0n) is 20.5. The van der Waals surface area contributed by atoms with Gasteiger partial charge in [0.25, 0.3) is 0 Å². The number of rotatable bonds is 9. The Morgan fingerprint density at radius 2 is 1.72 bits per heavy atom. The molecule has 2 N–H and O–H groups in total. The summed E-state index contributed by atoms with van der Waals surface area (Å²) in [6, 6.07) is 16.9. The predicted molar refractivity (Wildman–Crippen MR) is 145 cm³/mol. The topological polar surface area (TPSA) is 67.9 Å². The molecule has 6 nitrogen and oxygen atoms in total. The zero-order chi connectivity index (χ0) is 25.2. The number of carbonyl (C=O) groups is 1. The van der Waals surface area contributed by atoms with Crippen LogP contribution in [0.1, 0.15) is 18.4 Å². The van der Waals surface area contributed by atoms with E-state index in [1.165, 1.54) is 29.1 Å². The van der Waals surface area contributed by atoms with Gasteiger partial charge in [0.05, 0.1) is 0 Å². The van der Waals surface area contributed by atoms with E-state index < -0.39 is 0 Å². The summed E-state index contributed by atoms with van der Waals surface area (Å²) >= 11 is 0.237. The maximum absolute atomic E-state index is 13.6. The molecule has 0 atom stereocenters. The monoisotopic (exact) mass is 616 g/mol. The van der Waals surface area contributed by atoms with Crippen LogP contribution in [0.2, 0.25) is 0 Å². The first-order valence-corrected chi connectivity index (χ1v) is 15.7. The van der Waals surface area contributed by atoms with Crippen LogP contribution >= 0.6 is 0 Å². The number of aryl methyl sites for hydroxylation is 1. The number of nitrogens with zero attached hydrogens (tertiary/aromatic N) is 3. The third-order valence-corrected chi connectivity index (χ3v) is 11.2. The molecule has 2 heterocycles. The second kappa shape index (κ2) is 10.9. The Morgan fingerprint density at radius 3 is 2.44 bits per heavy atom. The molecule has 0 amide bonds. The van der Waals surface area contributed by atoms with Crippen LogP contribution in [-0.4, -0.2) is 83.2 Å². The van der Waals surface area contributed by atoms with E-state index in [0.717, 1.165) is 18.8 Å². The third-order valence-electron chi connectivity index (χ3n) is 6.50. The van der Waals surface area contributed by atoms with Crippen molar-refractivity contribution in [1.29, 1.82) is 0 Å². The second-order valence-corrected chi connectivity index (χ2v) is 13.0. The number of fused-ring (bicyclic) bond motifs is 2. The summed E-state index contributed by atoms with van der Waals surface area (Å²) in [6.07, 6.45) is 4.11. The number of aliphatic hydroxyl groups excluding tert-OH is 2. The molecule has 0 unspecified atom stereocenters. The van der Waals surface area contributed by atoms with E-state index in [4.69, 9.17) is 0 Å². The van der Waals surface area contributed by atoms with Crippen molar-refractivity contribution in [2.24, 2.45) is 0 Å². The summed E-state index contributed by atoms with van der Waals surface area (Å²) < 4.78 is 7.28. The molecule has 0 saturated carbocycles. The van der Waals surface area contributed by atoms with Crippen LogP contribution in [0.3, 0.4) is 0 Å². The number of aliphatic hydroxyl groups is 2. The number of anilines is 1. The van der Waals surface area contributed by atoms with Gasteiger partial charge in [0, 0.05) is 0 Å². The maximum atomic E-state index is 13.6. The first-order valence-electron chi connectivity index (χ1n) is 12.3. The number of benzene rings is 2. The van der Waals surface area contributed by atoms with Gasteiger partial charge in [0.2, 0.25) is 0 Å². The SMILES string of the molecule is CCN1/C(=C\C2=C(N(CCO)CCO)C(=C/c3[se]c4ccccc4[n+]3CC)/C2=O)[Se]c2ccccc21. The number of Topliss-reactive ketones (excluding diaryl/α,β-unsaturated/α-hetero) is 1. The van der Waals surface area contributed by atoms with E-state index in [9.17, 15) is 15.0 Å². The van der Waals surface area contributed by atoms with Gasteiger partial charge in [-0.3, -0.25) is 0 Å². The number of aromatic nitrogens is 1. The number of para-hydroxylation sites is 2. The molecule has 186 valence electrons. The summed E-state index contributed by atoms with van der Waals surface area (Å²) in [5.41, 5.74) is 4.64. The van der Waals surface area contributed by atoms with Gasteiger partial charge in [-0.2, -0.15) is 0 Å². The normalized spacial score (nSPS) is 17.4. The van der Waals surface area contributed by atoms with Crippen molar-refractivity contribution in [2.45, 2.75) is 20.4 Å². The van der Waals surface area contributed by atoms with E-state index in [1.807, 2.05) is 4.90 Å². The fourth-order valence-electron chi connectivity index (χ4n) is 4.85. The molecule has 0 saturated heterocycles. The molecule has 2 aliphatic rings. The van der Waals surface area contributed by atoms with E-state index in [0.29, 0.717) is 24.2 Å². The number of carbonyl (C=O) groups excluding carboxylic acids is 1. The van der Waals surface area contributed by atoms with E-state index in [2.05, 4.69) is 84.0 Å². The summed E-state index contributed by atoms with van der Waals surface area (Å²) in [6.45, 7) is 6.60. The van der Waals surface area contributed by atoms with Crippen LogP contribution in [0.25, 0.3) is 15.9 Å². The molecular formula is C28H30N3O3Se2+. The molecule has 3 aromatic rings. The number of allylic oxidation sites excluding steroid dienone is 3. The molecule has 0 spiro atoms. The van der Waals surface area contributed by atoms with Gasteiger partial charge >= 0.3 is 224 Å². The first kappa shape index (κ1) is 25.2. The molecule has 36 heavy (non-hydrogen) atoms. The Morgan fingerprint density at radius 1 is 1.00 bits per heavy atom. The van der Waals surface area contributed by atoms with Gasteiger partial charge in [0.1, 0.15) is 0 Å². The molecule has 8 heteroatoms. The van der Waals surface area contributed by atoms with E-state index >= 15 is 0 Å². The standard InChI is InChI=1S/C28H30N3O3Se2/c1-3-30-21-9-5-7-11-23(21)35-25(30)17-19-27(29(13-15-32)14-16-33)20(28(19)34)18-26-31(4-2)22-10-6-8-12-24(22)36-26/h5-12,17-18,32-33H,3-4,13-16H2,1-2H3/q+1. The number of hydrogen-bond acceptors (Lipinski definition) is 5. The molecular weight excluding hydrogens is 584 g/mol. The van der Waals surface area contributed by atoms with Crippen molar-refractivity contribution < 1.29 is 19.6 Å². The van der Waals surface area contributed by atoms with E-state index in [1.54, 1.807) is 0 Å². The third kappa shape index (κ3) is 4.43. The van der Waals surface area contributed by atoms with Gasteiger partial charge in [-0.05, 0) is 0 Å². The Balaban J connectivity index is 1.62. The summed E-state index contributed by atoms with van der Waals surface area (Å²) in [7, 11) is 0. The van der Waals surface area contributed by atoms with Crippen LogP contribution in [0, 0.1) is 0 Å². The first-order chi connectivity index (χ1) is 17.6. The van der Waals surface area contributed by atoms with Crippen LogP contribution in [0.15, 0.2) is 76.0 Å². The molecule has 1 aliphatic carbocycles. The Bertz CT molecular complexity index is 1400. The zero-order valence-corrected chi connectivity index (χ0v) is 23.9. The molecule has 0 fully saturated rings. The van der Waals surface area contributed by atoms with Crippen LogP contribution in [0.5, 0.6) is 0 Å². The quantitative estimate of drug-likeness (QED) is 0.217. The Labute approximate surface area is 223 Å². The van der Waals surface area contributed by atoms with Crippen molar-refractivity contribution in [3.8, 4) is 0 Å². The minimum atomic E-state index is -0.0433. The van der Waals surface area contributed by atoms with Crippen molar-refractivity contribution >= 4 is 61.2 Å². The molecule has 1 aliphatic heterocycles. The average Bonchev–Trinajstić information content (AvgIpc) is 3.44. The number of hydrogen-bond donors (Lipinski definition) is 2. The van der Waals surface area contributed by atoms with Crippen molar-refractivity contribution in [3.63, 3.8) is 0 Å². The van der Waals surface area contributed by atoms with Gasteiger partial charge in [-0.25, -0.2) is 0 Å². The average molecular weight is 614 g/mol. The Hall–Kier alpha value is -2.44. The van der Waals surface area contributed by atoms with Gasteiger partial charge < -0.3 is 0 Å². The molecule has 0 radical (unpaired) electrons. The molecule has 1 aromatic heterocycles. The molecule has 2 aromatic carbocycles. The van der Waals surface area contributed by atoms with Crippen LogP contribution in [0.4, 0.5) is 5.69 Å². The molecule has 0 bridgehead atoms. The number of ketones is 1. The second-order valence-electron chi connectivity index (χ2n) is 8.53. The molecule has 5 rings (SSSR count). The Kier molecular flexibility index (Phi) is 7.63. The van der Waals surface area contributed by atoms with Crippen molar-refractivity contribution in [2.75, 3.05) is 37.7 Å². The predicted octanol–water partition coefficient (Wildman–Crippen LogP) is 1.42. The van der Waals surface area contributed by atoms with Crippen molar-refractivity contribution in [3.05, 3.63) is 80.6 Å². The minimum absolute atomic E-state index is 0.0384.